The number of hydrogen-bond acceptors (Lipinski definition) is 3. The third-order valence-electron chi connectivity index (χ3n) is 1.43. The minimum Gasteiger partial charge on any atom is -0.377 e. The first kappa shape index (κ1) is 8.43. The van der Waals surface area contributed by atoms with Gasteiger partial charge in [0.2, 0.25) is 0 Å². The molecule has 0 fully saturated rings. The Morgan fingerprint density at radius 3 is 2.91 bits per heavy atom. The molecule has 0 N–H and O–H groups in total. The normalized spacial score (nSPS) is 10.0. The summed E-state index contributed by atoms with van der Waals surface area (Å²) in [5.41, 5.74) is 0.789. The third-order valence-corrected chi connectivity index (χ3v) is 2.28. The first-order valence-corrected chi connectivity index (χ1v) is 4.20. The van der Waals surface area contributed by atoms with Crippen molar-refractivity contribution in [3.8, 4) is 0 Å². The minimum atomic E-state index is 0.0613. The largest absolute Gasteiger partial charge is 0.377 e. The average molecular weight is 170 g/mol. The van der Waals surface area contributed by atoms with Crippen molar-refractivity contribution in [3.05, 3.63) is 21.9 Å². The lowest BCUT2D eigenvalue weighted by atomic mass is 10.2. The van der Waals surface area contributed by atoms with Gasteiger partial charge in [0.1, 0.15) is 6.61 Å². The van der Waals surface area contributed by atoms with Gasteiger partial charge in [-0.25, -0.2) is 0 Å². The number of aryl methyl sites for hydroxylation is 1. The molecule has 0 aliphatic rings. The molecule has 1 heterocycles. The molecule has 0 aliphatic carbocycles. The molecule has 3 heteroatoms. The minimum absolute atomic E-state index is 0.0613. The highest BCUT2D eigenvalue weighted by molar-refractivity contribution is 7.10. The molecule has 0 unspecified atom stereocenters. The van der Waals surface area contributed by atoms with Crippen LogP contribution < -0.4 is 0 Å². The van der Waals surface area contributed by atoms with Crippen LogP contribution in [0.3, 0.4) is 0 Å². The van der Waals surface area contributed by atoms with E-state index in [0.717, 1.165) is 10.4 Å². The van der Waals surface area contributed by atoms with E-state index in [-0.39, 0.29) is 12.4 Å². The third kappa shape index (κ3) is 1.88. The quantitative estimate of drug-likeness (QED) is 0.647. The number of ketones is 1. The Balaban J connectivity index is 2.76. The van der Waals surface area contributed by atoms with Crippen molar-refractivity contribution in [2.75, 3.05) is 13.7 Å². The van der Waals surface area contributed by atoms with Gasteiger partial charge in [-0.15, -0.1) is 11.3 Å². The molecule has 2 nitrogen and oxygen atoms in total. The van der Waals surface area contributed by atoms with E-state index < -0.39 is 0 Å². The zero-order chi connectivity index (χ0) is 8.27. The van der Waals surface area contributed by atoms with Crippen LogP contribution >= 0.6 is 11.3 Å². The summed E-state index contributed by atoms with van der Waals surface area (Å²) >= 11 is 1.58. The highest BCUT2D eigenvalue weighted by Crippen LogP contribution is 2.15. The Labute approximate surface area is 69.8 Å². The van der Waals surface area contributed by atoms with Gasteiger partial charge in [0.15, 0.2) is 5.78 Å². The maximum atomic E-state index is 11.2. The molecule has 0 atom stereocenters. The summed E-state index contributed by atoms with van der Waals surface area (Å²) in [6.45, 7) is 2.12. The van der Waals surface area contributed by atoms with Crippen LogP contribution in [-0.2, 0) is 4.74 Å². The zero-order valence-corrected chi connectivity index (χ0v) is 7.40. The molecule has 0 aliphatic heterocycles. The van der Waals surface area contributed by atoms with Crippen molar-refractivity contribution in [2.45, 2.75) is 6.92 Å². The maximum absolute atomic E-state index is 11.2. The number of carbonyl (C=O) groups excluding carboxylic acids is 1. The van der Waals surface area contributed by atoms with Gasteiger partial charge in [-0.2, -0.15) is 0 Å². The second kappa shape index (κ2) is 3.64. The molecule has 0 saturated carbocycles. The number of thiophene rings is 1. The molecule has 0 radical (unpaired) electrons. The predicted molar refractivity (Wildman–Crippen MR) is 45.3 cm³/mol. The van der Waals surface area contributed by atoms with E-state index in [2.05, 4.69) is 0 Å². The second-order valence-corrected chi connectivity index (χ2v) is 3.37. The van der Waals surface area contributed by atoms with E-state index >= 15 is 0 Å². The fourth-order valence-electron chi connectivity index (χ4n) is 0.883. The highest BCUT2D eigenvalue weighted by atomic mass is 32.1. The Morgan fingerprint density at radius 1 is 1.73 bits per heavy atom. The van der Waals surface area contributed by atoms with E-state index in [1.807, 2.05) is 18.4 Å². The lowest BCUT2D eigenvalue weighted by Gasteiger charge is -1.96. The van der Waals surface area contributed by atoms with Crippen LogP contribution in [0.4, 0.5) is 0 Å². The topological polar surface area (TPSA) is 26.3 Å². The van der Waals surface area contributed by atoms with Gasteiger partial charge in [-0.05, 0) is 18.4 Å². The standard InChI is InChI=1S/C8H10O2S/c1-6-7(3-4-11-6)8(9)5-10-2/h3-4H,5H2,1-2H3. The SMILES string of the molecule is COCC(=O)c1ccsc1C. The Hall–Kier alpha value is -0.670. The van der Waals surface area contributed by atoms with Crippen LogP contribution in [0, 0.1) is 6.92 Å². The van der Waals surface area contributed by atoms with E-state index in [0.29, 0.717) is 0 Å². The van der Waals surface area contributed by atoms with Gasteiger partial charge >= 0.3 is 0 Å². The molecule has 1 rings (SSSR count). The zero-order valence-electron chi connectivity index (χ0n) is 6.59. The molecular weight excluding hydrogens is 160 g/mol. The lowest BCUT2D eigenvalue weighted by Crippen LogP contribution is -2.06. The maximum Gasteiger partial charge on any atom is 0.189 e. The molecule has 0 bridgehead atoms. The summed E-state index contributed by atoms with van der Waals surface area (Å²) in [6, 6.07) is 1.83. The first-order chi connectivity index (χ1) is 5.25. The van der Waals surface area contributed by atoms with Gasteiger partial charge in [-0.3, -0.25) is 4.79 Å². The summed E-state index contributed by atoms with van der Waals surface area (Å²) in [5.74, 6) is 0.0613. The van der Waals surface area contributed by atoms with Crippen molar-refractivity contribution in [1.29, 1.82) is 0 Å². The monoisotopic (exact) mass is 170 g/mol. The molecule has 0 saturated heterocycles. The van der Waals surface area contributed by atoms with Gasteiger partial charge in [0.25, 0.3) is 0 Å². The number of hydrogen-bond donors (Lipinski definition) is 0. The van der Waals surface area contributed by atoms with Gasteiger partial charge < -0.3 is 4.74 Å². The predicted octanol–water partition coefficient (Wildman–Crippen LogP) is 1.89. The Bertz CT molecular complexity index is 252. The van der Waals surface area contributed by atoms with E-state index in [1.165, 1.54) is 7.11 Å². The van der Waals surface area contributed by atoms with Crippen LogP contribution in [0.2, 0.25) is 0 Å². The van der Waals surface area contributed by atoms with Crippen LogP contribution in [0.1, 0.15) is 15.2 Å². The average Bonchev–Trinajstić information content (AvgIpc) is 2.36. The lowest BCUT2D eigenvalue weighted by molar-refractivity contribution is 0.0848. The molecule has 60 valence electrons. The molecule has 11 heavy (non-hydrogen) atoms. The van der Waals surface area contributed by atoms with Crippen molar-refractivity contribution >= 4 is 17.1 Å². The summed E-state index contributed by atoms with van der Waals surface area (Å²) in [6.07, 6.45) is 0. The number of Topliss-reactive ketones (excluding diaryl/α,β-unsaturated/α-hetero) is 1. The van der Waals surface area contributed by atoms with Crippen molar-refractivity contribution in [2.24, 2.45) is 0 Å². The van der Waals surface area contributed by atoms with Gasteiger partial charge in [0, 0.05) is 17.6 Å². The molecule has 0 spiro atoms. The Morgan fingerprint density at radius 2 is 2.45 bits per heavy atom. The van der Waals surface area contributed by atoms with E-state index in [1.54, 1.807) is 11.3 Å². The highest BCUT2D eigenvalue weighted by Gasteiger charge is 2.08. The molecular formula is C8H10O2S. The fourth-order valence-corrected chi connectivity index (χ4v) is 1.60. The number of methoxy groups -OCH3 is 1. The first-order valence-electron chi connectivity index (χ1n) is 3.32. The molecule has 1 aromatic heterocycles. The van der Waals surface area contributed by atoms with Crippen LogP contribution in [0.5, 0.6) is 0 Å². The molecule has 0 aromatic carbocycles. The smallest absolute Gasteiger partial charge is 0.189 e. The molecule has 0 amide bonds. The van der Waals surface area contributed by atoms with E-state index in [4.69, 9.17) is 4.74 Å². The fraction of sp³-hybridized carbons (Fsp3) is 0.375. The summed E-state index contributed by atoms with van der Waals surface area (Å²) in [5, 5.41) is 1.91. The number of carbonyl (C=O) groups is 1. The Kier molecular flexibility index (Phi) is 2.79. The number of ether oxygens (including phenoxy) is 1. The van der Waals surface area contributed by atoms with Crippen molar-refractivity contribution in [3.63, 3.8) is 0 Å². The number of rotatable bonds is 3. The van der Waals surface area contributed by atoms with Crippen molar-refractivity contribution < 1.29 is 9.53 Å². The van der Waals surface area contributed by atoms with Crippen LogP contribution in [-0.4, -0.2) is 19.5 Å². The summed E-state index contributed by atoms with van der Waals surface area (Å²) < 4.78 is 4.74. The summed E-state index contributed by atoms with van der Waals surface area (Å²) in [4.78, 5) is 12.3. The summed E-state index contributed by atoms with van der Waals surface area (Å²) in [7, 11) is 1.53. The van der Waals surface area contributed by atoms with E-state index in [9.17, 15) is 4.79 Å². The van der Waals surface area contributed by atoms with Gasteiger partial charge in [-0.1, -0.05) is 0 Å². The van der Waals surface area contributed by atoms with Gasteiger partial charge in [0.05, 0.1) is 0 Å². The van der Waals surface area contributed by atoms with Crippen LogP contribution in [0.25, 0.3) is 0 Å². The molecule has 1 aromatic rings. The second-order valence-electron chi connectivity index (χ2n) is 2.25. The van der Waals surface area contributed by atoms with Crippen molar-refractivity contribution in [1.82, 2.24) is 0 Å². The van der Waals surface area contributed by atoms with Crippen LogP contribution in [0.15, 0.2) is 11.4 Å².